The molecule has 212 valence electrons. The van der Waals surface area contributed by atoms with E-state index in [1.165, 1.54) is 17.6 Å². The van der Waals surface area contributed by atoms with Gasteiger partial charge in [0.1, 0.15) is 5.82 Å². The van der Waals surface area contributed by atoms with E-state index >= 15 is 0 Å². The summed E-state index contributed by atoms with van der Waals surface area (Å²) in [5, 5.41) is 11.5. The lowest BCUT2D eigenvalue weighted by Gasteiger charge is -2.12. The van der Waals surface area contributed by atoms with Gasteiger partial charge < -0.3 is 25.8 Å². The Bertz CT molecular complexity index is 1060. The Balaban J connectivity index is 0.000000232. The molecule has 1 aromatic heterocycles. The fourth-order valence-electron chi connectivity index (χ4n) is 4.41. The second kappa shape index (κ2) is 18.7. The average Bonchev–Trinajstić information content (AvgIpc) is 3.56. The molecular weight excluding hydrogens is 490 g/mol. The molecule has 4 N–H and O–H groups in total. The Morgan fingerprint density at radius 2 is 1.77 bits per heavy atom. The molecule has 8 nitrogen and oxygen atoms in total. The van der Waals surface area contributed by atoms with Crippen molar-refractivity contribution in [1.82, 2.24) is 15.1 Å². The minimum absolute atomic E-state index is 0.250. The summed E-state index contributed by atoms with van der Waals surface area (Å²) in [6.07, 6.45) is 6.27. The molecule has 1 fully saturated rings. The van der Waals surface area contributed by atoms with E-state index in [0.717, 1.165) is 62.3 Å². The molecule has 2 aromatic carbocycles. The average molecular weight is 536 g/mol. The zero-order valence-electron chi connectivity index (χ0n) is 23.8. The van der Waals surface area contributed by atoms with Gasteiger partial charge in [-0.2, -0.15) is 5.10 Å². The number of benzene rings is 2. The van der Waals surface area contributed by atoms with Gasteiger partial charge in [0.25, 0.3) is 0 Å². The quantitative estimate of drug-likeness (QED) is 0.391. The van der Waals surface area contributed by atoms with Crippen molar-refractivity contribution in [1.29, 1.82) is 0 Å². The second-order valence-corrected chi connectivity index (χ2v) is 9.37. The number of carbonyl (C=O) groups excluding carboxylic acids is 1. The van der Waals surface area contributed by atoms with Crippen molar-refractivity contribution in [2.45, 2.75) is 39.2 Å². The number of ether oxygens (including phenoxy) is 2. The number of nitrogens with one attached hydrogen (secondary N) is 2. The molecule has 1 unspecified atom stereocenters. The summed E-state index contributed by atoms with van der Waals surface area (Å²) in [7, 11) is 3.68. The predicted octanol–water partition coefficient (Wildman–Crippen LogP) is 4.84. The normalized spacial score (nSPS) is 17.7. The van der Waals surface area contributed by atoms with E-state index in [4.69, 9.17) is 19.4 Å². The molecule has 0 saturated carbocycles. The number of nitrogens with zero attached hydrogens (tertiary/aromatic N) is 2. The van der Waals surface area contributed by atoms with Crippen molar-refractivity contribution in [3.8, 4) is 5.69 Å². The molecule has 3 aromatic rings. The molecule has 39 heavy (non-hydrogen) atoms. The van der Waals surface area contributed by atoms with Gasteiger partial charge in [-0.1, -0.05) is 67.6 Å². The number of methoxy groups -OCH3 is 1. The van der Waals surface area contributed by atoms with Gasteiger partial charge in [0.05, 0.1) is 17.5 Å². The summed E-state index contributed by atoms with van der Waals surface area (Å²) in [4.78, 5) is 8.58. The van der Waals surface area contributed by atoms with Gasteiger partial charge in [-0.3, -0.25) is 4.79 Å². The lowest BCUT2D eigenvalue weighted by atomic mass is 10.0. The lowest BCUT2D eigenvalue weighted by molar-refractivity contribution is -0.106. The van der Waals surface area contributed by atoms with Crippen LogP contribution in [0.15, 0.2) is 72.8 Å². The first-order chi connectivity index (χ1) is 19.0. The first-order valence-electron chi connectivity index (χ1n) is 13.5. The standard InChI is InChI=1S/C16H20N4.C8H16O2.C6H6.CH3NO/c1-12-15(13-8-10-18-11-9-13)19-20(16(12)17-2)14-6-4-3-5-7-14;1-7-5-8(10-6-7)3-4-9-2;1-2-4-6-5-3-1;2-1-3/h3-8,17-18H,9-11H2,1-2H3;7-8H,3-6H2,1-2H3;1-6H;1H,(H2,2,3)/t;7-,8?;;/m.1../s1. The van der Waals surface area contributed by atoms with E-state index in [0.29, 0.717) is 6.10 Å². The molecule has 8 heteroatoms. The van der Waals surface area contributed by atoms with E-state index in [2.05, 4.69) is 48.4 Å². The maximum absolute atomic E-state index is 8.58. The molecular formula is C31H45N5O3. The molecule has 3 heterocycles. The van der Waals surface area contributed by atoms with Crippen molar-refractivity contribution >= 4 is 17.8 Å². The van der Waals surface area contributed by atoms with Gasteiger partial charge in [0.15, 0.2) is 0 Å². The Morgan fingerprint density at radius 1 is 1.15 bits per heavy atom. The van der Waals surface area contributed by atoms with Gasteiger partial charge in [-0.15, -0.1) is 0 Å². The Labute approximate surface area is 233 Å². The highest BCUT2D eigenvalue weighted by Gasteiger charge is 2.21. The third-order valence-corrected chi connectivity index (χ3v) is 6.32. The Morgan fingerprint density at radius 3 is 2.26 bits per heavy atom. The lowest BCUT2D eigenvalue weighted by Crippen LogP contribution is -2.20. The Kier molecular flexibility index (Phi) is 15.3. The molecule has 2 aliphatic rings. The van der Waals surface area contributed by atoms with E-state index in [1.54, 1.807) is 7.11 Å². The van der Waals surface area contributed by atoms with Crippen molar-refractivity contribution in [3.63, 3.8) is 0 Å². The molecule has 5 rings (SSSR count). The second-order valence-electron chi connectivity index (χ2n) is 9.37. The minimum atomic E-state index is 0.250. The van der Waals surface area contributed by atoms with Gasteiger partial charge in [-0.25, -0.2) is 4.68 Å². The zero-order valence-corrected chi connectivity index (χ0v) is 23.8. The van der Waals surface area contributed by atoms with Crippen molar-refractivity contribution in [2.24, 2.45) is 11.7 Å². The van der Waals surface area contributed by atoms with E-state index < -0.39 is 0 Å². The van der Waals surface area contributed by atoms with E-state index in [-0.39, 0.29) is 6.41 Å². The van der Waals surface area contributed by atoms with Crippen LogP contribution in [-0.4, -0.2) is 62.8 Å². The summed E-state index contributed by atoms with van der Waals surface area (Å²) in [5.41, 5.74) is 8.91. The molecule has 2 aliphatic heterocycles. The minimum Gasteiger partial charge on any atom is -0.385 e. The number of para-hydroxylation sites is 1. The number of hydrogen-bond acceptors (Lipinski definition) is 6. The summed E-state index contributed by atoms with van der Waals surface area (Å²) in [5.74, 6) is 1.81. The molecule has 0 radical (unpaired) electrons. The number of primary amides is 1. The molecule has 1 saturated heterocycles. The largest absolute Gasteiger partial charge is 0.385 e. The van der Waals surface area contributed by atoms with Crippen molar-refractivity contribution in [2.75, 3.05) is 45.8 Å². The van der Waals surface area contributed by atoms with Crippen molar-refractivity contribution < 1.29 is 14.3 Å². The van der Waals surface area contributed by atoms with Crippen molar-refractivity contribution in [3.05, 3.63) is 84.1 Å². The van der Waals surface area contributed by atoms with Crippen LogP contribution in [0.3, 0.4) is 0 Å². The van der Waals surface area contributed by atoms with Gasteiger partial charge in [0.2, 0.25) is 6.41 Å². The monoisotopic (exact) mass is 535 g/mol. The zero-order chi connectivity index (χ0) is 28.3. The summed E-state index contributed by atoms with van der Waals surface area (Å²) in [6, 6.07) is 22.3. The number of hydrogen-bond donors (Lipinski definition) is 3. The summed E-state index contributed by atoms with van der Waals surface area (Å²) in [6.45, 7) is 8.09. The van der Waals surface area contributed by atoms with Crippen LogP contribution in [0.4, 0.5) is 5.82 Å². The van der Waals surface area contributed by atoms with E-state index in [9.17, 15) is 0 Å². The van der Waals surface area contributed by atoms with Crippen LogP contribution >= 0.6 is 0 Å². The highest BCUT2D eigenvalue weighted by Crippen LogP contribution is 2.29. The molecule has 1 amide bonds. The fraction of sp³-hybridized carbons (Fsp3) is 0.419. The number of amides is 1. The number of carbonyl (C=O) groups is 1. The molecule has 2 atom stereocenters. The fourth-order valence-corrected chi connectivity index (χ4v) is 4.41. The topological polar surface area (TPSA) is 103 Å². The highest BCUT2D eigenvalue weighted by molar-refractivity contribution is 5.71. The maximum atomic E-state index is 8.58. The maximum Gasteiger partial charge on any atom is 0.204 e. The number of rotatable bonds is 6. The third kappa shape index (κ3) is 11.0. The SMILES string of the molecule is CNc1c(C)c(C2=CCNCC2)nn1-c1ccccc1.COCCC1C[C@@H](C)CO1.NC=O.c1ccccc1. The van der Waals surface area contributed by atoms with E-state index in [1.807, 2.05) is 66.3 Å². The molecule has 0 aliphatic carbocycles. The van der Waals surface area contributed by atoms with Crippen LogP contribution in [0.5, 0.6) is 0 Å². The number of nitrogens with two attached hydrogens (primary N) is 1. The molecule has 0 bridgehead atoms. The smallest absolute Gasteiger partial charge is 0.204 e. The van der Waals surface area contributed by atoms with Crippen LogP contribution in [-0.2, 0) is 14.3 Å². The first-order valence-corrected chi connectivity index (χ1v) is 13.5. The van der Waals surface area contributed by atoms with Gasteiger partial charge in [0, 0.05) is 39.5 Å². The van der Waals surface area contributed by atoms with Gasteiger partial charge in [-0.05, 0) is 56.4 Å². The van der Waals surface area contributed by atoms with Crippen LogP contribution in [0.2, 0.25) is 0 Å². The first kappa shape index (κ1) is 31.8. The third-order valence-electron chi connectivity index (χ3n) is 6.32. The number of aromatic nitrogens is 2. The number of anilines is 1. The van der Waals surface area contributed by atoms with Crippen LogP contribution < -0.4 is 16.4 Å². The predicted molar refractivity (Wildman–Crippen MR) is 160 cm³/mol. The highest BCUT2D eigenvalue weighted by atomic mass is 16.5. The van der Waals surface area contributed by atoms with Crippen LogP contribution in [0.1, 0.15) is 37.4 Å². The molecule has 0 spiro atoms. The van der Waals surface area contributed by atoms with Crippen LogP contribution in [0, 0.1) is 12.8 Å². The Hall–Kier alpha value is -3.46. The van der Waals surface area contributed by atoms with Gasteiger partial charge >= 0.3 is 0 Å². The summed E-state index contributed by atoms with van der Waals surface area (Å²) >= 11 is 0. The summed E-state index contributed by atoms with van der Waals surface area (Å²) < 4.78 is 12.4. The van der Waals surface area contributed by atoms with Crippen LogP contribution in [0.25, 0.3) is 11.3 Å².